The molecule has 1 aromatic heterocycles. The lowest BCUT2D eigenvalue weighted by Gasteiger charge is -2.19. The fourth-order valence-corrected chi connectivity index (χ4v) is 1.72. The van der Waals surface area contributed by atoms with E-state index in [4.69, 9.17) is 10.5 Å². The maximum absolute atomic E-state index is 11.8. The quantitative estimate of drug-likeness (QED) is 0.567. The number of aromatic nitrogens is 3. The van der Waals surface area contributed by atoms with E-state index in [9.17, 15) is 9.90 Å². The Morgan fingerprint density at radius 2 is 2.56 bits per heavy atom. The van der Waals surface area contributed by atoms with Crippen LogP contribution in [0.1, 0.15) is 16.9 Å². The Morgan fingerprint density at radius 1 is 1.72 bits per heavy atom. The molecule has 1 aromatic rings. The van der Waals surface area contributed by atoms with Crippen molar-refractivity contribution < 1.29 is 14.6 Å². The summed E-state index contributed by atoms with van der Waals surface area (Å²) in [4.78, 5) is 11.8. The molecule has 0 aromatic carbocycles. The molecule has 8 nitrogen and oxygen atoms in total. The van der Waals surface area contributed by atoms with Crippen LogP contribution in [0.2, 0.25) is 0 Å². The zero-order valence-electron chi connectivity index (χ0n) is 10.0. The van der Waals surface area contributed by atoms with Gasteiger partial charge in [0.05, 0.1) is 19.3 Å². The second-order valence-corrected chi connectivity index (χ2v) is 4.37. The van der Waals surface area contributed by atoms with Crippen LogP contribution in [-0.4, -0.2) is 57.9 Å². The highest BCUT2D eigenvalue weighted by molar-refractivity contribution is 5.91. The third-order valence-corrected chi connectivity index (χ3v) is 2.79. The SMILES string of the molecule is NCCn1cc(C(=O)NCC2(O)CCOC2)nn1. The number of ether oxygens (including phenoxy) is 1. The van der Waals surface area contributed by atoms with Crippen LogP contribution < -0.4 is 11.1 Å². The zero-order chi connectivity index (χ0) is 13.0. The molecule has 0 spiro atoms. The number of amides is 1. The molecule has 18 heavy (non-hydrogen) atoms. The summed E-state index contributed by atoms with van der Waals surface area (Å²) in [6.07, 6.45) is 2.05. The van der Waals surface area contributed by atoms with Crippen LogP contribution in [0, 0.1) is 0 Å². The van der Waals surface area contributed by atoms with Crippen molar-refractivity contribution in [1.29, 1.82) is 0 Å². The Balaban J connectivity index is 1.87. The molecule has 1 amide bonds. The van der Waals surface area contributed by atoms with Gasteiger partial charge in [0.2, 0.25) is 0 Å². The molecule has 0 aliphatic carbocycles. The third-order valence-electron chi connectivity index (χ3n) is 2.79. The van der Waals surface area contributed by atoms with E-state index in [0.29, 0.717) is 26.1 Å². The van der Waals surface area contributed by atoms with Crippen LogP contribution in [0.15, 0.2) is 6.20 Å². The molecule has 0 radical (unpaired) electrons. The molecule has 0 saturated carbocycles. The van der Waals surface area contributed by atoms with Crippen molar-refractivity contribution in [1.82, 2.24) is 20.3 Å². The smallest absolute Gasteiger partial charge is 0.273 e. The molecular weight excluding hydrogens is 238 g/mol. The molecular formula is C10H17N5O3. The largest absolute Gasteiger partial charge is 0.386 e. The lowest BCUT2D eigenvalue weighted by atomic mass is 10.0. The van der Waals surface area contributed by atoms with Gasteiger partial charge in [0, 0.05) is 26.1 Å². The summed E-state index contributed by atoms with van der Waals surface area (Å²) in [6, 6.07) is 0. The lowest BCUT2D eigenvalue weighted by Crippen LogP contribution is -2.43. The average Bonchev–Trinajstić information content (AvgIpc) is 2.97. The Hall–Kier alpha value is -1.51. The van der Waals surface area contributed by atoms with Crippen molar-refractivity contribution in [3.05, 3.63) is 11.9 Å². The van der Waals surface area contributed by atoms with E-state index in [2.05, 4.69) is 15.6 Å². The van der Waals surface area contributed by atoms with Gasteiger partial charge in [-0.05, 0) is 0 Å². The van der Waals surface area contributed by atoms with Crippen molar-refractivity contribution in [2.45, 2.75) is 18.6 Å². The van der Waals surface area contributed by atoms with Gasteiger partial charge in [0.1, 0.15) is 5.60 Å². The van der Waals surface area contributed by atoms with E-state index in [-0.39, 0.29) is 24.8 Å². The first-order valence-electron chi connectivity index (χ1n) is 5.81. The topological polar surface area (TPSA) is 115 Å². The molecule has 1 saturated heterocycles. The molecule has 4 N–H and O–H groups in total. The van der Waals surface area contributed by atoms with Gasteiger partial charge in [-0.15, -0.1) is 5.10 Å². The minimum absolute atomic E-state index is 0.148. The van der Waals surface area contributed by atoms with Crippen LogP contribution in [0.25, 0.3) is 0 Å². The summed E-state index contributed by atoms with van der Waals surface area (Å²) in [5.74, 6) is -0.362. The summed E-state index contributed by atoms with van der Waals surface area (Å²) in [5.41, 5.74) is 4.61. The maximum atomic E-state index is 11.8. The van der Waals surface area contributed by atoms with Crippen LogP contribution in [0.5, 0.6) is 0 Å². The van der Waals surface area contributed by atoms with Crippen molar-refractivity contribution in [3.8, 4) is 0 Å². The van der Waals surface area contributed by atoms with Gasteiger partial charge in [-0.25, -0.2) is 0 Å². The molecule has 1 aliphatic heterocycles. The number of hydrogen-bond donors (Lipinski definition) is 3. The van der Waals surface area contributed by atoms with Gasteiger partial charge in [-0.1, -0.05) is 5.21 Å². The van der Waals surface area contributed by atoms with Crippen LogP contribution >= 0.6 is 0 Å². The highest BCUT2D eigenvalue weighted by atomic mass is 16.5. The monoisotopic (exact) mass is 255 g/mol. The molecule has 100 valence electrons. The highest BCUT2D eigenvalue weighted by Gasteiger charge is 2.32. The predicted octanol–water partition coefficient (Wildman–Crippen LogP) is -1.88. The number of carbonyl (C=O) groups excluding carboxylic acids is 1. The summed E-state index contributed by atoms with van der Waals surface area (Å²) in [6.45, 7) is 1.85. The number of nitrogens with one attached hydrogen (secondary N) is 1. The molecule has 1 unspecified atom stereocenters. The molecule has 0 bridgehead atoms. The van der Waals surface area contributed by atoms with Gasteiger partial charge in [0.25, 0.3) is 5.91 Å². The molecule has 8 heteroatoms. The fourth-order valence-electron chi connectivity index (χ4n) is 1.72. The van der Waals surface area contributed by atoms with Gasteiger partial charge in [-0.3, -0.25) is 9.48 Å². The summed E-state index contributed by atoms with van der Waals surface area (Å²) < 4.78 is 6.59. The normalized spacial score (nSPS) is 23.2. The third kappa shape index (κ3) is 3.03. The minimum atomic E-state index is -0.969. The molecule has 2 heterocycles. The molecule has 2 rings (SSSR count). The maximum Gasteiger partial charge on any atom is 0.273 e. The first-order chi connectivity index (χ1) is 8.63. The predicted molar refractivity (Wildman–Crippen MR) is 61.8 cm³/mol. The van der Waals surface area contributed by atoms with E-state index < -0.39 is 5.60 Å². The molecule has 1 aliphatic rings. The Kier molecular flexibility index (Phi) is 3.90. The van der Waals surface area contributed by atoms with E-state index >= 15 is 0 Å². The summed E-state index contributed by atoms with van der Waals surface area (Å²) >= 11 is 0. The molecule has 1 atom stereocenters. The Bertz CT molecular complexity index is 413. The summed E-state index contributed by atoms with van der Waals surface area (Å²) in [7, 11) is 0. The van der Waals surface area contributed by atoms with Crippen molar-refractivity contribution in [2.24, 2.45) is 5.73 Å². The van der Waals surface area contributed by atoms with E-state index in [1.807, 2.05) is 0 Å². The van der Waals surface area contributed by atoms with Crippen LogP contribution in [0.4, 0.5) is 0 Å². The fraction of sp³-hybridized carbons (Fsp3) is 0.700. The first-order valence-corrected chi connectivity index (χ1v) is 5.81. The Labute approximate surface area is 104 Å². The minimum Gasteiger partial charge on any atom is -0.386 e. The highest BCUT2D eigenvalue weighted by Crippen LogP contribution is 2.16. The summed E-state index contributed by atoms with van der Waals surface area (Å²) in [5, 5.41) is 20.1. The van der Waals surface area contributed by atoms with Crippen LogP contribution in [-0.2, 0) is 11.3 Å². The lowest BCUT2D eigenvalue weighted by molar-refractivity contribution is 0.0264. The van der Waals surface area contributed by atoms with Gasteiger partial charge in [0.15, 0.2) is 5.69 Å². The van der Waals surface area contributed by atoms with Gasteiger partial charge in [-0.2, -0.15) is 0 Å². The van der Waals surface area contributed by atoms with Crippen LogP contribution in [0.3, 0.4) is 0 Å². The number of carbonyl (C=O) groups is 1. The number of rotatable bonds is 5. The van der Waals surface area contributed by atoms with Crippen molar-refractivity contribution >= 4 is 5.91 Å². The van der Waals surface area contributed by atoms with Gasteiger partial charge >= 0.3 is 0 Å². The number of aliphatic hydroxyl groups is 1. The number of nitrogens with zero attached hydrogens (tertiary/aromatic N) is 3. The van der Waals surface area contributed by atoms with E-state index in [1.165, 1.54) is 10.9 Å². The first kappa shape index (κ1) is 12.9. The van der Waals surface area contributed by atoms with E-state index in [0.717, 1.165) is 0 Å². The second kappa shape index (κ2) is 5.42. The average molecular weight is 255 g/mol. The number of hydrogen-bond acceptors (Lipinski definition) is 6. The van der Waals surface area contributed by atoms with Gasteiger partial charge < -0.3 is 20.9 Å². The van der Waals surface area contributed by atoms with Crippen molar-refractivity contribution in [2.75, 3.05) is 26.3 Å². The standard InChI is InChI=1S/C10H17N5O3/c11-2-3-15-5-8(13-14-15)9(16)12-6-10(17)1-4-18-7-10/h5,17H,1-4,6-7,11H2,(H,12,16). The second-order valence-electron chi connectivity index (χ2n) is 4.37. The number of nitrogens with two attached hydrogens (primary N) is 1. The van der Waals surface area contributed by atoms with E-state index in [1.54, 1.807) is 0 Å². The molecule has 1 fully saturated rings. The Morgan fingerprint density at radius 3 is 3.22 bits per heavy atom. The van der Waals surface area contributed by atoms with Crippen molar-refractivity contribution in [3.63, 3.8) is 0 Å². The zero-order valence-corrected chi connectivity index (χ0v) is 10.0.